The van der Waals surface area contributed by atoms with E-state index in [0.717, 1.165) is 35.4 Å². The number of anilines is 1. The van der Waals surface area contributed by atoms with Crippen LogP contribution >= 0.6 is 15.9 Å². The Hall–Kier alpha value is -2.35. The number of halogens is 1. The number of aliphatic hydroxyl groups is 1. The third-order valence-electron chi connectivity index (χ3n) is 6.21. The maximum absolute atomic E-state index is 12.9. The number of hydrogen-bond donors (Lipinski definition) is 1. The Kier molecular flexibility index (Phi) is 6.22. The lowest BCUT2D eigenvalue weighted by Gasteiger charge is -2.19. The molecule has 3 aliphatic rings. The van der Waals surface area contributed by atoms with Crippen LogP contribution in [0.1, 0.15) is 30.7 Å². The summed E-state index contributed by atoms with van der Waals surface area (Å²) in [7, 11) is 0. The molecule has 2 aliphatic heterocycles. The summed E-state index contributed by atoms with van der Waals surface area (Å²) in [6.45, 7) is 3.42. The summed E-state index contributed by atoms with van der Waals surface area (Å²) in [5, 5.41) is 9.61. The van der Waals surface area contributed by atoms with Crippen molar-refractivity contribution >= 4 is 27.5 Å². The molecule has 1 N–H and O–H groups in total. The molecule has 168 valence electrons. The second kappa shape index (κ2) is 9.25. The fourth-order valence-corrected chi connectivity index (χ4v) is 4.69. The SMILES string of the molecule is O=C1C(Oc2ccc(C3CC3)cc2)=CCN1c1ccc(OCCN2CC[C@@H](O)C2)c(Br)c1. The maximum atomic E-state index is 12.9. The zero-order chi connectivity index (χ0) is 22.1. The molecule has 2 fully saturated rings. The second-order valence-electron chi connectivity index (χ2n) is 8.64. The Morgan fingerprint density at radius 1 is 1.09 bits per heavy atom. The van der Waals surface area contributed by atoms with Crippen LogP contribution in [0.4, 0.5) is 5.69 Å². The van der Waals surface area contributed by atoms with Crippen LogP contribution in [0.3, 0.4) is 0 Å². The zero-order valence-corrected chi connectivity index (χ0v) is 19.5. The van der Waals surface area contributed by atoms with Gasteiger partial charge in [0.15, 0.2) is 5.76 Å². The van der Waals surface area contributed by atoms with Crippen LogP contribution < -0.4 is 14.4 Å². The van der Waals surface area contributed by atoms with E-state index in [0.29, 0.717) is 37.1 Å². The van der Waals surface area contributed by atoms with E-state index >= 15 is 0 Å². The van der Waals surface area contributed by atoms with E-state index in [-0.39, 0.29) is 12.0 Å². The van der Waals surface area contributed by atoms with Gasteiger partial charge < -0.3 is 19.5 Å². The molecule has 0 spiro atoms. The molecule has 2 heterocycles. The predicted octanol–water partition coefficient (Wildman–Crippen LogP) is 4.08. The highest BCUT2D eigenvalue weighted by atomic mass is 79.9. The quantitative estimate of drug-likeness (QED) is 0.593. The zero-order valence-electron chi connectivity index (χ0n) is 17.9. The van der Waals surface area contributed by atoms with Crippen molar-refractivity contribution in [2.45, 2.75) is 31.3 Å². The first-order chi connectivity index (χ1) is 15.6. The maximum Gasteiger partial charge on any atom is 0.294 e. The molecule has 0 aromatic heterocycles. The van der Waals surface area contributed by atoms with Gasteiger partial charge >= 0.3 is 0 Å². The summed E-state index contributed by atoms with van der Waals surface area (Å²) in [5.74, 6) is 2.33. The van der Waals surface area contributed by atoms with E-state index in [9.17, 15) is 9.90 Å². The molecule has 6 nitrogen and oxygen atoms in total. The monoisotopic (exact) mass is 498 g/mol. The van der Waals surface area contributed by atoms with Crippen molar-refractivity contribution in [3.8, 4) is 11.5 Å². The van der Waals surface area contributed by atoms with Gasteiger partial charge in [-0.05, 0) is 83.1 Å². The fourth-order valence-electron chi connectivity index (χ4n) is 4.21. The van der Waals surface area contributed by atoms with E-state index in [1.165, 1.54) is 18.4 Å². The Labute approximate surface area is 196 Å². The van der Waals surface area contributed by atoms with Gasteiger partial charge in [-0.3, -0.25) is 9.69 Å². The molecule has 1 aliphatic carbocycles. The van der Waals surface area contributed by atoms with E-state index in [1.54, 1.807) is 4.90 Å². The number of carbonyl (C=O) groups is 1. The molecule has 0 radical (unpaired) electrons. The molecule has 2 aromatic carbocycles. The van der Waals surface area contributed by atoms with Crippen molar-refractivity contribution in [3.05, 3.63) is 64.3 Å². The predicted molar refractivity (Wildman–Crippen MR) is 126 cm³/mol. The number of carbonyl (C=O) groups excluding carboxylic acids is 1. The first-order valence-electron chi connectivity index (χ1n) is 11.2. The largest absolute Gasteiger partial charge is 0.491 e. The average Bonchev–Trinajstić information content (AvgIpc) is 3.47. The number of benzene rings is 2. The molecule has 1 saturated carbocycles. The van der Waals surface area contributed by atoms with Gasteiger partial charge in [-0.1, -0.05) is 12.1 Å². The van der Waals surface area contributed by atoms with Crippen LogP contribution in [-0.4, -0.2) is 54.8 Å². The summed E-state index contributed by atoms with van der Waals surface area (Å²) in [6, 6.07) is 13.7. The normalized spacial score (nSPS) is 21.2. The third-order valence-corrected chi connectivity index (χ3v) is 6.83. The molecule has 1 amide bonds. The molecule has 1 atom stereocenters. The summed E-state index contributed by atoms with van der Waals surface area (Å²) in [4.78, 5) is 16.8. The van der Waals surface area contributed by atoms with Crippen LogP contribution in [0.15, 0.2) is 58.8 Å². The molecule has 5 rings (SSSR count). The van der Waals surface area contributed by atoms with Gasteiger partial charge in [0.2, 0.25) is 0 Å². The third kappa shape index (κ3) is 4.85. The van der Waals surface area contributed by atoms with Crippen LogP contribution in [-0.2, 0) is 4.79 Å². The summed E-state index contributed by atoms with van der Waals surface area (Å²) in [6.07, 6.45) is 4.96. The van der Waals surface area contributed by atoms with Gasteiger partial charge in [-0.25, -0.2) is 0 Å². The molecule has 2 aromatic rings. The molecule has 0 unspecified atom stereocenters. The van der Waals surface area contributed by atoms with Gasteiger partial charge in [-0.2, -0.15) is 0 Å². The minimum Gasteiger partial charge on any atom is -0.491 e. The summed E-state index contributed by atoms with van der Waals surface area (Å²) >= 11 is 3.56. The molecular formula is C25H27BrN2O4. The Morgan fingerprint density at radius 3 is 2.59 bits per heavy atom. The number of aliphatic hydroxyl groups excluding tert-OH is 1. The molecule has 0 bridgehead atoms. The highest BCUT2D eigenvalue weighted by molar-refractivity contribution is 9.10. The number of rotatable bonds is 8. The average molecular weight is 499 g/mol. The first kappa shape index (κ1) is 21.5. The van der Waals surface area contributed by atoms with Crippen LogP contribution in [0.25, 0.3) is 0 Å². The van der Waals surface area contributed by atoms with Crippen LogP contribution in [0.2, 0.25) is 0 Å². The van der Waals surface area contributed by atoms with E-state index in [1.807, 2.05) is 36.4 Å². The second-order valence-corrected chi connectivity index (χ2v) is 9.49. The highest BCUT2D eigenvalue weighted by Gasteiger charge is 2.28. The van der Waals surface area contributed by atoms with E-state index in [2.05, 4.69) is 33.0 Å². The number of ether oxygens (including phenoxy) is 2. The number of nitrogens with zero attached hydrogens (tertiary/aromatic N) is 2. The van der Waals surface area contributed by atoms with Gasteiger partial charge in [-0.15, -0.1) is 0 Å². The van der Waals surface area contributed by atoms with Crippen molar-refractivity contribution in [3.63, 3.8) is 0 Å². The molecule has 32 heavy (non-hydrogen) atoms. The van der Waals surface area contributed by atoms with Gasteiger partial charge in [0, 0.05) is 31.9 Å². The lowest BCUT2D eigenvalue weighted by Crippen LogP contribution is -2.28. The van der Waals surface area contributed by atoms with Crippen molar-refractivity contribution in [2.75, 3.05) is 37.7 Å². The first-order valence-corrected chi connectivity index (χ1v) is 12.0. The molecular weight excluding hydrogens is 472 g/mol. The number of β-amino-alcohol motifs (C(OH)–C–C–N with tert-alkyl or cyclic N) is 1. The van der Waals surface area contributed by atoms with Crippen LogP contribution in [0.5, 0.6) is 11.5 Å². The summed E-state index contributed by atoms with van der Waals surface area (Å²) < 4.78 is 12.6. The van der Waals surface area contributed by atoms with Crippen molar-refractivity contribution in [1.82, 2.24) is 4.90 Å². The smallest absolute Gasteiger partial charge is 0.294 e. The lowest BCUT2D eigenvalue weighted by atomic mass is 10.1. The van der Waals surface area contributed by atoms with Gasteiger partial charge in [0.05, 0.1) is 10.6 Å². The number of likely N-dealkylation sites (tertiary alicyclic amines) is 1. The molecule has 7 heteroatoms. The minimum absolute atomic E-state index is 0.149. The standard InChI is InChI=1S/C25H27BrN2O4/c26-22-15-19(5-8-23(22)31-14-13-27-11-9-20(29)16-27)28-12-10-24(25(28)30)32-21-6-3-18(4-7-21)17-1-2-17/h3-8,10,15,17,20,29H,1-2,9,11-14,16H2/t20-/m1/s1. The number of amides is 1. The highest BCUT2D eigenvalue weighted by Crippen LogP contribution is 2.40. The topological polar surface area (TPSA) is 62.2 Å². The van der Waals surface area contributed by atoms with Gasteiger partial charge in [0.25, 0.3) is 5.91 Å². The van der Waals surface area contributed by atoms with Crippen molar-refractivity contribution in [2.24, 2.45) is 0 Å². The van der Waals surface area contributed by atoms with E-state index < -0.39 is 0 Å². The van der Waals surface area contributed by atoms with Crippen LogP contribution in [0, 0.1) is 0 Å². The Balaban J connectivity index is 1.16. The Bertz CT molecular complexity index is 1020. The lowest BCUT2D eigenvalue weighted by molar-refractivity contribution is -0.116. The van der Waals surface area contributed by atoms with Gasteiger partial charge in [0.1, 0.15) is 18.1 Å². The molecule has 1 saturated heterocycles. The van der Waals surface area contributed by atoms with E-state index in [4.69, 9.17) is 9.47 Å². The Morgan fingerprint density at radius 2 is 1.91 bits per heavy atom. The summed E-state index contributed by atoms with van der Waals surface area (Å²) in [5.41, 5.74) is 2.13. The fraction of sp³-hybridized carbons (Fsp3) is 0.400. The minimum atomic E-state index is -0.219. The van der Waals surface area contributed by atoms with Crippen molar-refractivity contribution < 1.29 is 19.4 Å². The number of hydrogen-bond acceptors (Lipinski definition) is 5. The van der Waals surface area contributed by atoms with Crippen molar-refractivity contribution in [1.29, 1.82) is 0 Å².